The molecule has 30 heavy (non-hydrogen) atoms. The molecule has 1 aliphatic heterocycles. The highest BCUT2D eigenvalue weighted by molar-refractivity contribution is 5.66. The van der Waals surface area contributed by atoms with Crippen molar-refractivity contribution in [3.8, 4) is 17.0 Å². The first-order valence-corrected chi connectivity index (χ1v) is 9.52. The molecule has 2 aromatic heterocycles. The molecule has 8 nitrogen and oxygen atoms in total. The summed E-state index contributed by atoms with van der Waals surface area (Å²) in [5, 5.41) is 9.66. The Morgan fingerprint density at radius 2 is 1.93 bits per heavy atom. The number of aromatic nitrogens is 4. The van der Waals surface area contributed by atoms with Crippen LogP contribution in [0.4, 0.5) is 26.4 Å². The molecule has 0 aliphatic carbocycles. The van der Waals surface area contributed by atoms with Crippen molar-refractivity contribution >= 4 is 17.6 Å². The summed E-state index contributed by atoms with van der Waals surface area (Å²) in [6.45, 7) is 5.15. The quantitative estimate of drug-likeness (QED) is 0.658. The molecular weight excluding hydrogens is 394 g/mol. The Labute approximate surface area is 172 Å². The third-order valence-electron chi connectivity index (χ3n) is 4.72. The highest BCUT2D eigenvalue weighted by Crippen LogP contribution is 2.28. The van der Waals surface area contributed by atoms with Crippen molar-refractivity contribution < 1.29 is 18.3 Å². The van der Waals surface area contributed by atoms with Gasteiger partial charge in [0.15, 0.2) is 17.5 Å². The van der Waals surface area contributed by atoms with E-state index in [1.807, 2.05) is 18.7 Å². The van der Waals surface area contributed by atoms with Crippen LogP contribution in [-0.2, 0) is 4.74 Å². The lowest BCUT2D eigenvalue weighted by Gasteiger charge is -2.35. The number of anilines is 3. The molecule has 2 N–H and O–H groups in total. The van der Waals surface area contributed by atoms with E-state index in [4.69, 9.17) is 9.47 Å². The van der Waals surface area contributed by atoms with E-state index >= 15 is 0 Å². The monoisotopic (exact) mass is 416 g/mol. The van der Waals surface area contributed by atoms with Gasteiger partial charge in [-0.3, -0.25) is 5.10 Å². The second-order valence-electron chi connectivity index (χ2n) is 7.17. The third kappa shape index (κ3) is 4.18. The summed E-state index contributed by atoms with van der Waals surface area (Å²) < 4.78 is 39.3. The number of H-pyrrole nitrogens is 1. The molecule has 3 heterocycles. The van der Waals surface area contributed by atoms with Crippen LogP contribution < -0.4 is 15.0 Å². The standard InChI is InChI=1S/C20H22F2N6O2/c1-11-9-28(10-12(2)30-11)20-23-8-16(22)19(25-20)24-18-7-17(26-27-18)14-5-4-13(29-3)6-15(14)21/h4-8,11-12H,9-10H2,1-3H3,(H2,23,24,25,26,27)/t11-,12+. The van der Waals surface area contributed by atoms with Gasteiger partial charge in [-0.25, -0.2) is 13.8 Å². The molecule has 1 aromatic carbocycles. The number of benzene rings is 1. The number of halogens is 2. The summed E-state index contributed by atoms with van der Waals surface area (Å²) in [7, 11) is 1.47. The molecule has 1 fully saturated rings. The number of hydrogen-bond donors (Lipinski definition) is 2. The molecule has 0 amide bonds. The van der Waals surface area contributed by atoms with E-state index in [2.05, 4.69) is 25.5 Å². The van der Waals surface area contributed by atoms with Gasteiger partial charge in [0, 0.05) is 30.8 Å². The Hall–Kier alpha value is -3.27. The Kier molecular flexibility index (Phi) is 5.49. The molecule has 10 heteroatoms. The molecule has 2 atom stereocenters. The number of hydrogen-bond acceptors (Lipinski definition) is 7. The molecule has 0 unspecified atom stereocenters. The first kappa shape index (κ1) is 20.0. The molecule has 158 valence electrons. The average molecular weight is 416 g/mol. The van der Waals surface area contributed by atoms with Crippen molar-refractivity contribution in [1.82, 2.24) is 20.2 Å². The number of aromatic amines is 1. The van der Waals surface area contributed by atoms with Crippen LogP contribution in [0.2, 0.25) is 0 Å². The van der Waals surface area contributed by atoms with E-state index < -0.39 is 11.6 Å². The Bertz CT molecular complexity index is 1030. The van der Waals surface area contributed by atoms with Gasteiger partial charge in [-0.2, -0.15) is 10.1 Å². The number of ether oxygens (including phenoxy) is 2. The molecule has 0 radical (unpaired) electrons. The first-order chi connectivity index (χ1) is 14.4. The summed E-state index contributed by atoms with van der Waals surface area (Å²) in [6.07, 6.45) is 1.16. The van der Waals surface area contributed by atoms with Crippen LogP contribution in [0.25, 0.3) is 11.3 Å². The van der Waals surface area contributed by atoms with E-state index in [1.54, 1.807) is 18.2 Å². The molecule has 0 bridgehead atoms. The maximum Gasteiger partial charge on any atom is 0.227 e. The van der Waals surface area contributed by atoms with Crippen molar-refractivity contribution in [2.75, 3.05) is 30.4 Å². The SMILES string of the molecule is COc1ccc(-c2cc(Nc3nc(N4C[C@@H](C)O[C@@H](C)C4)ncc3F)n[nH]2)c(F)c1. The van der Waals surface area contributed by atoms with Crippen molar-refractivity contribution in [3.63, 3.8) is 0 Å². The van der Waals surface area contributed by atoms with E-state index in [1.165, 1.54) is 13.2 Å². The smallest absolute Gasteiger partial charge is 0.227 e. The fourth-order valence-corrected chi connectivity index (χ4v) is 3.43. The zero-order valence-corrected chi connectivity index (χ0v) is 16.8. The topological polar surface area (TPSA) is 88.2 Å². The van der Waals surface area contributed by atoms with Crippen LogP contribution in [0.1, 0.15) is 13.8 Å². The molecule has 0 saturated carbocycles. The second-order valence-corrected chi connectivity index (χ2v) is 7.17. The van der Waals surface area contributed by atoms with Gasteiger partial charge >= 0.3 is 0 Å². The number of nitrogens with one attached hydrogen (secondary N) is 2. The lowest BCUT2D eigenvalue weighted by molar-refractivity contribution is -0.00572. The maximum atomic E-state index is 14.3. The van der Waals surface area contributed by atoms with Gasteiger partial charge in [0.1, 0.15) is 11.6 Å². The molecule has 3 aromatic rings. The van der Waals surface area contributed by atoms with Crippen LogP contribution >= 0.6 is 0 Å². The minimum absolute atomic E-state index is 0.0138. The van der Waals surface area contributed by atoms with Gasteiger partial charge < -0.3 is 19.7 Å². The van der Waals surface area contributed by atoms with E-state index in [0.29, 0.717) is 41.9 Å². The lowest BCUT2D eigenvalue weighted by Crippen LogP contribution is -2.46. The number of rotatable bonds is 5. The van der Waals surface area contributed by atoms with Crippen molar-refractivity contribution in [3.05, 3.63) is 42.1 Å². The summed E-state index contributed by atoms with van der Waals surface area (Å²) in [5.41, 5.74) is 0.750. The Balaban J connectivity index is 1.55. The summed E-state index contributed by atoms with van der Waals surface area (Å²) in [4.78, 5) is 10.4. The Morgan fingerprint density at radius 1 is 1.17 bits per heavy atom. The van der Waals surface area contributed by atoms with E-state index in [-0.39, 0.29) is 18.0 Å². The van der Waals surface area contributed by atoms with Crippen LogP contribution in [0.5, 0.6) is 5.75 Å². The van der Waals surface area contributed by atoms with Gasteiger partial charge in [-0.1, -0.05) is 0 Å². The highest BCUT2D eigenvalue weighted by Gasteiger charge is 2.25. The van der Waals surface area contributed by atoms with E-state index in [0.717, 1.165) is 6.20 Å². The van der Waals surface area contributed by atoms with Gasteiger partial charge in [0.25, 0.3) is 0 Å². The Morgan fingerprint density at radius 3 is 2.63 bits per heavy atom. The van der Waals surface area contributed by atoms with E-state index in [9.17, 15) is 8.78 Å². The molecular formula is C20H22F2N6O2. The largest absolute Gasteiger partial charge is 0.497 e. The summed E-state index contributed by atoms with van der Waals surface area (Å²) in [6, 6.07) is 6.08. The number of methoxy groups -OCH3 is 1. The highest BCUT2D eigenvalue weighted by atomic mass is 19.1. The predicted octanol–water partition coefficient (Wildman–Crippen LogP) is 3.51. The second kappa shape index (κ2) is 8.23. The normalized spacial score (nSPS) is 19.0. The fraction of sp³-hybridized carbons (Fsp3) is 0.350. The number of morpholine rings is 1. The van der Waals surface area contributed by atoms with Gasteiger partial charge in [-0.05, 0) is 26.0 Å². The third-order valence-corrected chi connectivity index (χ3v) is 4.72. The van der Waals surface area contributed by atoms with Crippen LogP contribution in [0, 0.1) is 11.6 Å². The average Bonchev–Trinajstić information content (AvgIpc) is 3.17. The zero-order chi connectivity index (χ0) is 21.3. The number of nitrogens with zero attached hydrogens (tertiary/aromatic N) is 4. The first-order valence-electron chi connectivity index (χ1n) is 9.52. The van der Waals surface area contributed by atoms with Crippen molar-refractivity contribution in [1.29, 1.82) is 0 Å². The fourth-order valence-electron chi connectivity index (χ4n) is 3.43. The lowest BCUT2D eigenvalue weighted by atomic mass is 10.1. The molecule has 1 saturated heterocycles. The van der Waals surface area contributed by atoms with Crippen LogP contribution in [0.3, 0.4) is 0 Å². The molecule has 4 rings (SSSR count). The molecule has 0 spiro atoms. The predicted molar refractivity (Wildman–Crippen MR) is 108 cm³/mol. The minimum Gasteiger partial charge on any atom is -0.497 e. The van der Waals surface area contributed by atoms with Crippen LogP contribution in [0.15, 0.2) is 30.5 Å². The minimum atomic E-state index is -0.617. The van der Waals surface area contributed by atoms with Crippen LogP contribution in [-0.4, -0.2) is 52.6 Å². The maximum absolute atomic E-state index is 14.3. The zero-order valence-electron chi connectivity index (χ0n) is 16.8. The van der Waals surface area contributed by atoms with Gasteiger partial charge in [0.2, 0.25) is 5.95 Å². The van der Waals surface area contributed by atoms with Gasteiger partial charge in [0.05, 0.1) is 31.2 Å². The van der Waals surface area contributed by atoms with Gasteiger partial charge in [-0.15, -0.1) is 0 Å². The van der Waals surface area contributed by atoms with Crippen molar-refractivity contribution in [2.45, 2.75) is 26.1 Å². The molecule has 1 aliphatic rings. The summed E-state index contributed by atoms with van der Waals surface area (Å²) >= 11 is 0. The summed E-state index contributed by atoms with van der Waals surface area (Å²) in [5.74, 6) is 0.0192. The van der Waals surface area contributed by atoms with Crippen molar-refractivity contribution in [2.24, 2.45) is 0 Å².